The van der Waals surface area contributed by atoms with Gasteiger partial charge < -0.3 is 10.6 Å². The van der Waals surface area contributed by atoms with E-state index in [4.69, 9.17) is 0 Å². The number of nitriles is 1. The fourth-order valence-corrected chi connectivity index (χ4v) is 2.70. The number of nitrogens with one attached hydrogen (secondary N) is 2. The number of benzene rings is 2. The molecule has 0 saturated carbocycles. The van der Waals surface area contributed by atoms with Gasteiger partial charge in [-0.05, 0) is 48.7 Å². The number of carbonyl (C=O) groups is 1. The highest BCUT2D eigenvalue weighted by molar-refractivity contribution is 6.03. The van der Waals surface area contributed by atoms with E-state index in [1.165, 1.54) is 5.56 Å². The van der Waals surface area contributed by atoms with Crippen molar-refractivity contribution < 1.29 is 4.79 Å². The molecule has 2 aromatic carbocycles. The molecule has 0 aliphatic rings. The van der Waals surface area contributed by atoms with Gasteiger partial charge in [-0.15, -0.1) is 0 Å². The smallest absolute Gasteiger partial charge is 0.274 e. The van der Waals surface area contributed by atoms with Gasteiger partial charge in [-0.25, -0.2) is 9.97 Å². The van der Waals surface area contributed by atoms with Crippen molar-refractivity contribution in [3.63, 3.8) is 0 Å². The zero-order valence-corrected chi connectivity index (χ0v) is 16.0. The fourth-order valence-electron chi connectivity index (χ4n) is 2.70. The molecule has 0 saturated heterocycles. The molecule has 6 heteroatoms. The molecule has 2 N–H and O–H groups in total. The largest absolute Gasteiger partial charge is 0.323 e. The minimum atomic E-state index is -0.320. The van der Waals surface area contributed by atoms with E-state index in [0.29, 0.717) is 28.6 Å². The van der Waals surface area contributed by atoms with E-state index in [1.807, 2.05) is 30.3 Å². The summed E-state index contributed by atoms with van der Waals surface area (Å²) in [6.07, 6.45) is 0. The highest BCUT2D eigenvalue weighted by Crippen LogP contribution is 2.20. The van der Waals surface area contributed by atoms with Gasteiger partial charge in [0.05, 0.1) is 11.3 Å². The highest BCUT2D eigenvalue weighted by Gasteiger charge is 2.12. The van der Waals surface area contributed by atoms with Crippen LogP contribution in [0.15, 0.2) is 54.6 Å². The highest BCUT2D eigenvalue weighted by atomic mass is 16.1. The van der Waals surface area contributed by atoms with Crippen molar-refractivity contribution in [2.45, 2.75) is 26.7 Å². The molecule has 0 aliphatic carbocycles. The number of anilines is 3. The Hall–Kier alpha value is -3.72. The number of aryl methyl sites for hydroxylation is 1. The molecule has 3 rings (SSSR count). The second-order valence-electron chi connectivity index (χ2n) is 6.73. The van der Waals surface area contributed by atoms with Gasteiger partial charge in [-0.2, -0.15) is 5.26 Å². The molecule has 0 atom stereocenters. The summed E-state index contributed by atoms with van der Waals surface area (Å²) >= 11 is 0. The van der Waals surface area contributed by atoms with Crippen LogP contribution in [0.5, 0.6) is 0 Å². The quantitative estimate of drug-likeness (QED) is 0.674. The summed E-state index contributed by atoms with van der Waals surface area (Å²) in [6.45, 7) is 6.03. The van der Waals surface area contributed by atoms with E-state index >= 15 is 0 Å². The van der Waals surface area contributed by atoms with E-state index in [2.05, 4.69) is 40.5 Å². The molecule has 6 nitrogen and oxygen atoms in total. The molecule has 0 radical (unpaired) electrons. The number of aromatic nitrogens is 2. The third kappa shape index (κ3) is 4.51. The second kappa shape index (κ2) is 8.31. The molecular weight excluding hydrogens is 350 g/mol. The van der Waals surface area contributed by atoms with Crippen molar-refractivity contribution in [3.8, 4) is 6.07 Å². The first-order valence-electron chi connectivity index (χ1n) is 8.99. The lowest BCUT2D eigenvalue weighted by atomic mass is 10.0. The van der Waals surface area contributed by atoms with Crippen LogP contribution < -0.4 is 10.6 Å². The van der Waals surface area contributed by atoms with Crippen LogP contribution in [0.4, 0.5) is 17.3 Å². The molecule has 1 heterocycles. The van der Waals surface area contributed by atoms with Crippen molar-refractivity contribution in [3.05, 3.63) is 77.1 Å². The van der Waals surface area contributed by atoms with Crippen molar-refractivity contribution in [1.82, 2.24) is 9.97 Å². The van der Waals surface area contributed by atoms with Crippen LogP contribution in [0.2, 0.25) is 0 Å². The Morgan fingerprint density at radius 2 is 1.79 bits per heavy atom. The molecule has 0 bridgehead atoms. The lowest BCUT2D eigenvalue weighted by Gasteiger charge is -2.10. The van der Waals surface area contributed by atoms with Gasteiger partial charge in [0, 0.05) is 11.4 Å². The number of carbonyl (C=O) groups excluding carboxylic acids is 1. The van der Waals surface area contributed by atoms with Crippen LogP contribution in [0, 0.1) is 18.3 Å². The summed E-state index contributed by atoms with van der Waals surface area (Å²) in [7, 11) is 0. The van der Waals surface area contributed by atoms with Gasteiger partial charge in [-0.1, -0.05) is 38.1 Å². The van der Waals surface area contributed by atoms with Gasteiger partial charge in [-0.3, -0.25) is 4.79 Å². The van der Waals surface area contributed by atoms with Gasteiger partial charge in [0.25, 0.3) is 5.91 Å². The Morgan fingerprint density at radius 1 is 1.07 bits per heavy atom. The number of nitrogens with zero attached hydrogens (tertiary/aromatic N) is 3. The SMILES string of the molecule is Cc1cc(C(=O)Nc2ccc(C(C)C)cc2)nc(Nc2ccccc2C#N)n1. The summed E-state index contributed by atoms with van der Waals surface area (Å²) in [4.78, 5) is 21.2. The zero-order valence-electron chi connectivity index (χ0n) is 16.0. The summed E-state index contributed by atoms with van der Waals surface area (Å²) in [6, 6.07) is 18.6. The predicted octanol–water partition coefficient (Wildman–Crippen LogP) is 4.78. The van der Waals surface area contributed by atoms with Crippen molar-refractivity contribution in [2.75, 3.05) is 10.6 Å². The number of hydrogen-bond donors (Lipinski definition) is 2. The fraction of sp³-hybridized carbons (Fsp3) is 0.182. The summed E-state index contributed by atoms with van der Waals surface area (Å²) in [5.41, 5.74) is 3.87. The van der Waals surface area contributed by atoms with E-state index in [9.17, 15) is 10.1 Å². The maximum atomic E-state index is 12.6. The number of para-hydroxylation sites is 1. The Labute approximate surface area is 164 Å². The minimum absolute atomic E-state index is 0.248. The lowest BCUT2D eigenvalue weighted by Crippen LogP contribution is -2.15. The Bertz CT molecular complexity index is 1040. The van der Waals surface area contributed by atoms with Crippen LogP contribution in [0.25, 0.3) is 0 Å². The molecule has 3 aromatic rings. The van der Waals surface area contributed by atoms with Gasteiger partial charge in [0.2, 0.25) is 5.95 Å². The van der Waals surface area contributed by atoms with Gasteiger partial charge in [0.1, 0.15) is 11.8 Å². The standard InChI is InChI=1S/C22H21N5O/c1-14(2)16-8-10-18(11-9-16)25-21(28)20-12-15(3)24-22(27-20)26-19-7-5-4-6-17(19)13-23/h4-12,14H,1-3H3,(H,25,28)(H,24,26,27). The van der Waals surface area contributed by atoms with Crippen molar-refractivity contribution in [1.29, 1.82) is 5.26 Å². The van der Waals surface area contributed by atoms with E-state index < -0.39 is 0 Å². The first kappa shape index (κ1) is 19.1. The summed E-state index contributed by atoms with van der Waals surface area (Å²) < 4.78 is 0. The average molecular weight is 371 g/mol. The molecule has 1 amide bonds. The molecule has 140 valence electrons. The maximum Gasteiger partial charge on any atom is 0.274 e. The molecular formula is C22H21N5O. The number of rotatable bonds is 5. The normalized spacial score (nSPS) is 10.4. The molecule has 0 aliphatic heterocycles. The first-order valence-corrected chi connectivity index (χ1v) is 8.99. The Kier molecular flexibility index (Phi) is 5.66. The van der Waals surface area contributed by atoms with Crippen LogP contribution in [0.3, 0.4) is 0 Å². The monoisotopic (exact) mass is 371 g/mol. The predicted molar refractivity (Wildman–Crippen MR) is 110 cm³/mol. The second-order valence-corrected chi connectivity index (χ2v) is 6.73. The lowest BCUT2D eigenvalue weighted by molar-refractivity contribution is 0.102. The first-order chi connectivity index (χ1) is 13.5. The molecule has 28 heavy (non-hydrogen) atoms. The van der Waals surface area contributed by atoms with Crippen LogP contribution in [-0.2, 0) is 0 Å². The third-order valence-electron chi connectivity index (χ3n) is 4.22. The van der Waals surface area contributed by atoms with Crippen LogP contribution in [0.1, 0.15) is 47.1 Å². The van der Waals surface area contributed by atoms with Crippen molar-refractivity contribution >= 4 is 23.2 Å². The molecule has 0 unspecified atom stereocenters. The Balaban J connectivity index is 1.80. The Morgan fingerprint density at radius 3 is 2.46 bits per heavy atom. The number of amides is 1. The van der Waals surface area contributed by atoms with E-state index in [0.717, 1.165) is 0 Å². The third-order valence-corrected chi connectivity index (χ3v) is 4.22. The zero-order chi connectivity index (χ0) is 20.1. The van der Waals surface area contributed by atoms with E-state index in [-0.39, 0.29) is 17.5 Å². The van der Waals surface area contributed by atoms with Crippen LogP contribution >= 0.6 is 0 Å². The van der Waals surface area contributed by atoms with E-state index in [1.54, 1.807) is 31.2 Å². The number of hydrogen-bond acceptors (Lipinski definition) is 5. The van der Waals surface area contributed by atoms with Gasteiger partial charge in [0.15, 0.2) is 0 Å². The van der Waals surface area contributed by atoms with Crippen LogP contribution in [-0.4, -0.2) is 15.9 Å². The van der Waals surface area contributed by atoms with Crippen molar-refractivity contribution in [2.24, 2.45) is 0 Å². The average Bonchev–Trinajstić information content (AvgIpc) is 2.68. The topological polar surface area (TPSA) is 90.7 Å². The molecule has 0 spiro atoms. The summed E-state index contributed by atoms with van der Waals surface area (Å²) in [5, 5.41) is 15.1. The summed E-state index contributed by atoms with van der Waals surface area (Å²) in [5.74, 6) is 0.376. The maximum absolute atomic E-state index is 12.6. The molecule has 1 aromatic heterocycles. The minimum Gasteiger partial charge on any atom is -0.323 e. The molecule has 0 fully saturated rings. The van der Waals surface area contributed by atoms with Gasteiger partial charge >= 0.3 is 0 Å².